The van der Waals surface area contributed by atoms with Crippen LogP contribution in [0.25, 0.3) is 0 Å². The van der Waals surface area contributed by atoms with E-state index in [9.17, 15) is 5.11 Å². The van der Waals surface area contributed by atoms with E-state index in [0.717, 1.165) is 31.3 Å². The van der Waals surface area contributed by atoms with Gasteiger partial charge in [0.15, 0.2) is 0 Å². The Balaban J connectivity index is 1.67. The molecule has 134 valence electrons. The van der Waals surface area contributed by atoms with Crippen LogP contribution in [0.15, 0.2) is 23.5 Å². The van der Waals surface area contributed by atoms with Crippen LogP contribution in [-0.4, -0.2) is 17.3 Å². The van der Waals surface area contributed by atoms with Gasteiger partial charge < -0.3 is 9.84 Å². The van der Waals surface area contributed by atoms with Crippen molar-refractivity contribution in [3.8, 4) is 0 Å². The highest BCUT2D eigenvalue weighted by Gasteiger charge is 2.61. The van der Waals surface area contributed by atoms with E-state index in [0.29, 0.717) is 11.3 Å². The highest BCUT2D eigenvalue weighted by Crippen LogP contribution is 2.66. The van der Waals surface area contributed by atoms with E-state index < -0.39 is 5.60 Å². The Morgan fingerprint density at radius 2 is 1.88 bits per heavy atom. The van der Waals surface area contributed by atoms with E-state index in [4.69, 9.17) is 4.74 Å². The summed E-state index contributed by atoms with van der Waals surface area (Å²) in [4.78, 5) is 0. The van der Waals surface area contributed by atoms with Gasteiger partial charge in [0.1, 0.15) is 0 Å². The molecule has 0 aliphatic heterocycles. The molecule has 24 heavy (non-hydrogen) atoms. The van der Waals surface area contributed by atoms with Gasteiger partial charge in [0.05, 0.1) is 18.0 Å². The Hall–Kier alpha value is -0.760. The molecule has 1 N–H and O–H groups in total. The summed E-state index contributed by atoms with van der Waals surface area (Å²) >= 11 is 0. The SMILES string of the molecule is CCOC1=CC2=CC[C@@H]3[C@H](CC[C@@]4(C)[C@H]3CC[C@]4(C)O)[C@@]2(C)CC1. The maximum atomic E-state index is 11.0. The topological polar surface area (TPSA) is 29.5 Å². The van der Waals surface area contributed by atoms with Crippen molar-refractivity contribution in [1.29, 1.82) is 0 Å². The fraction of sp³-hybridized carbons (Fsp3) is 0.818. The molecule has 2 fully saturated rings. The van der Waals surface area contributed by atoms with Gasteiger partial charge in [0.25, 0.3) is 0 Å². The Bertz CT molecular complexity index is 587. The fourth-order valence-corrected chi connectivity index (χ4v) is 6.84. The molecular formula is C22H34O2. The number of aliphatic hydroxyl groups is 1. The van der Waals surface area contributed by atoms with Crippen molar-refractivity contribution in [2.24, 2.45) is 28.6 Å². The average molecular weight is 331 g/mol. The molecular weight excluding hydrogens is 296 g/mol. The molecule has 0 amide bonds. The van der Waals surface area contributed by atoms with Crippen molar-refractivity contribution in [2.45, 2.75) is 78.2 Å². The minimum Gasteiger partial charge on any atom is -0.498 e. The van der Waals surface area contributed by atoms with Crippen LogP contribution in [0.5, 0.6) is 0 Å². The van der Waals surface area contributed by atoms with Crippen LogP contribution in [0.2, 0.25) is 0 Å². The summed E-state index contributed by atoms with van der Waals surface area (Å²) in [6.07, 6.45) is 13.0. The summed E-state index contributed by atoms with van der Waals surface area (Å²) in [6, 6.07) is 0. The summed E-state index contributed by atoms with van der Waals surface area (Å²) in [5, 5.41) is 11.0. The van der Waals surface area contributed by atoms with Crippen LogP contribution in [0.1, 0.15) is 72.6 Å². The normalized spacial score (nSPS) is 50.3. The van der Waals surface area contributed by atoms with Crippen LogP contribution in [0, 0.1) is 28.6 Å². The van der Waals surface area contributed by atoms with E-state index in [2.05, 4.69) is 39.8 Å². The number of fused-ring (bicyclic) bond motifs is 5. The molecule has 0 aromatic rings. The number of rotatable bonds is 2. The van der Waals surface area contributed by atoms with Crippen molar-refractivity contribution in [3.63, 3.8) is 0 Å². The Morgan fingerprint density at radius 3 is 2.62 bits per heavy atom. The number of hydrogen-bond acceptors (Lipinski definition) is 2. The maximum Gasteiger partial charge on any atom is 0.0962 e. The van der Waals surface area contributed by atoms with Gasteiger partial charge in [-0.2, -0.15) is 0 Å². The Labute approximate surface area is 147 Å². The molecule has 0 bridgehead atoms. The van der Waals surface area contributed by atoms with Gasteiger partial charge in [-0.15, -0.1) is 0 Å². The second-order valence-corrected chi connectivity index (χ2v) is 9.50. The van der Waals surface area contributed by atoms with E-state index in [1.807, 2.05) is 0 Å². The quantitative estimate of drug-likeness (QED) is 0.751. The molecule has 4 aliphatic rings. The van der Waals surface area contributed by atoms with E-state index in [1.54, 1.807) is 0 Å². The van der Waals surface area contributed by atoms with Crippen molar-refractivity contribution < 1.29 is 9.84 Å². The van der Waals surface area contributed by atoms with Crippen LogP contribution < -0.4 is 0 Å². The van der Waals surface area contributed by atoms with Crippen LogP contribution >= 0.6 is 0 Å². The molecule has 6 atom stereocenters. The smallest absolute Gasteiger partial charge is 0.0962 e. The molecule has 4 rings (SSSR count). The molecule has 0 aromatic carbocycles. The van der Waals surface area contributed by atoms with Crippen LogP contribution in [0.4, 0.5) is 0 Å². The third kappa shape index (κ3) is 2.11. The molecule has 2 heteroatoms. The first kappa shape index (κ1) is 16.7. The highest BCUT2D eigenvalue weighted by atomic mass is 16.5. The average Bonchev–Trinajstić information content (AvgIpc) is 2.78. The largest absolute Gasteiger partial charge is 0.498 e. The highest BCUT2D eigenvalue weighted by molar-refractivity contribution is 5.36. The second kappa shape index (κ2) is 5.37. The van der Waals surface area contributed by atoms with Crippen molar-refractivity contribution in [1.82, 2.24) is 0 Å². The van der Waals surface area contributed by atoms with E-state index in [-0.39, 0.29) is 5.41 Å². The molecule has 2 nitrogen and oxygen atoms in total. The summed E-state index contributed by atoms with van der Waals surface area (Å²) in [5.41, 5.74) is 1.50. The minimum absolute atomic E-state index is 0.122. The Kier molecular flexibility index (Phi) is 3.73. The van der Waals surface area contributed by atoms with E-state index >= 15 is 0 Å². The Morgan fingerprint density at radius 1 is 1.12 bits per heavy atom. The number of hydrogen-bond donors (Lipinski definition) is 1. The molecule has 0 unspecified atom stereocenters. The van der Waals surface area contributed by atoms with Gasteiger partial charge in [0, 0.05) is 6.42 Å². The molecule has 4 aliphatic carbocycles. The molecule has 0 spiro atoms. The zero-order valence-corrected chi connectivity index (χ0v) is 15.9. The summed E-state index contributed by atoms with van der Waals surface area (Å²) in [6.45, 7) is 9.82. The standard InChI is InChI=1S/C22H34O2/c1-5-24-16-8-11-20(2)15(14-16)6-7-17-18(20)9-12-21(3)19(17)10-13-22(21,4)23/h6,14,17-19,23H,5,7-13H2,1-4H3/t17-,18+,19+,20+,21+,22+/m1/s1. The summed E-state index contributed by atoms with van der Waals surface area (Å²) in [5.74, 6) is 3.42. The van der Waals surface area contributed by atoms with Gasteiger partial charge in [0.2, 0.25) is 0 Å². The lowest BCUT2D eigenvalue weighted by molar-refractivity contribution is -0.112. The lowest BCUT2D eigenvalue weighted by Gasteiger charge is -2.57. The first-order valence-corrected chi connectivity index (χ1v) is 10.1. The lowest BCUT2D eigenvalue weighted by Crippen LogP contribution is -2.53. The minimum atomic E-state index is -0.470. The van der Waals surface area contributed by atoms with E-state index in [1.165, 1.54) is 43.4 Å². The summed E-state index contributed by atoms with van der Waals surface area (Å²) in [7, 11) is 0. The van der Waals surface area contributed by atoms with Crippen molar-refractivity contribution in [2.75, 3.05) is 6.61 Å². The molecule has 0 saturated heterocycles. The van der Waals surface area contributed by atoms with Gasteiger partial charge in [-0.3, -0.25) is 0 Å². The molecule has 0 radical (unpaired) electrons. The van der Waals surface area contributed by atoms with Gasteiger partial charge in [-0.05, 0) is 92.6 Å². The van der Waals surface area contributed by atoms with Crippen molar-refractivity contribution in [3.05, 3.63) is 23.5 Å². The molecule has 0 heterocycles. The fourth-order valence-electron chi connectivity index (χ4n) is 6.84. The number of ether oxygens (including phenoxy) is 1. The van der Waals surface area contributed by atoms with Crippen LogP contribution in [-0.2, 0) is 4.74 Å². The predicted molar refractivity (Wildman–Crippen MR) is 97.4 cm³/mol. The maximum absolute atomic E-state index is 11.0. The lowest BCUT2D eigenvalue weighted by atomic mass is 9.47. The van der Waals surface area contributed by atoms with Gasteiger partial charge >= 0.3 is 0 Å². The zero-order valence-electron chi connectivity index (χ0n) is 15.9. The predicted octanol–water partition coefficient (Wildman–Crippen LogP) is 5.23. The van der Waals surface area contributed by atoms with Gasteiger partial charge in [-0.1, -0.05) is 19.9 Å². The monoisotopic (exact) mass is 330 g/mol. The molecule has 2 saturated carbocycles. The first-order chi connectivity index (χ1) is 11.3. The second-order valence-electron chi connectivity index (χ2n) is 9.50. The summed E-state index contributed by atoms with van der Waals surface area (Å²) < 4.78 is 5.81. The number of allylic oxidation sites excluding steroid dienone is 4. The van der Waals surface area contributed by atoms with Gasteiger partial charge in [-0.25, -0.2) is 0 Å². The zero-order chi connectivity index (χ0) is 17.2. The first-order valence-electron chi connectivity index (χ1n) is 10.1. The van der Waals surface area contributed by atoms with Crippen molar-refractivity contribution >= 4 is 0 Å². The molecule has 0 aromatic heterocycles. The van der Waals surface area contributed by atoms with Crippen LogP contribution in [0.3, 0.4) is 0 Å². The third-order valence-electron chi connectivity index (χ3n) is 8.62. The third-order valence-corrected chi connectivity index (χ3v) is 8.62.